The largest absolute Gasteiger partial charge is 0.481 e. The molecule has 0 aliphatic rings. The maximum absolute atomic E-state index is 11.5. The van der Waals surface area contributed by atoms with Crippen LogP contribution in [0.4, 0.5) is 4.79 Å². The monoisotopic (exact) mass is 273 g/mol. The molecule has 0 heterocycles. The van der Waals surface area contributed by atoms with Gasteiger partial charge in [-0.25, -0.2) is 4.79 Å². The van der Waals surface area contributed by atoms with Crippen LogP contribution in [0.3, 0.4) is 0 Å². The van der Waals surface area contributed by atoms with E-state index in [0.717, 1.165) is 19.4 Å². The second-order valence-corrected chi connectivity index (χ2v) is 5.34. The van der Waals surface area contributed by atoms with Crippen molar-refractivity contribution in [2.75, 3.05) is 33.7 Å². The van der Waals surface area contributed by atoms with Gasteiger partial charge in [-0.2, -0.15) is 0 Å². The van der Waals surface area contributed by atoms with Crippen LogP contribution in [0.5, 0.6) is 0 Å². The Morgan fingerprint density at radius 3 is 2.32 bits per heavy atom. The molecule has 1 unspecified atom stereocenters. The lowest BCUT2D eigenvalue weighted by molar-refractivity contribution is -0.147. The van der Waals surface area contributed by atoms with Crippen LogP contribution >= 0.6 is 0 Å². The molecule has 6 heteroatoms. The lowest BCUT2D eigenvalue weighted by Crippen LogP contribution is -2.44. The van der Waals surface area contributed by atoms with Crippen LogP contribution < -0.4 is 10.6 Å². The van der Waals surface area contributed by atoms with E-state index in [9.17, 15) is 9.59 Å². The van der Waals surface area contributed by atoms with Crippen molar-refractivity contribution in [2.45, 2.75) is 33.1 Å². The molecule has 0 aliphatic carbocycles. The standard InChI is InChI=1S/C13H27N3O3/c1-5-13(2,11(17)18)10-15-12(19)14-8-6-7-9-16(3)4/h5-10H2,1-4H3,(H,17,18)(H2,14,15,19). The Labute approximate surface area is 115 Å². The third-order valence-corrected chi connectivity index (χ3v) is 3.25. The highest BCUT2D eigenvalue weighted by Gasteiger charge is 2.31. The summed E-state index contributed by atoms with van der Waals surface area (Å²) in [4.78, 5) is 24.6. The van der Waals surface area contributed by atoms with E-state index in [1.165, 1.54) is 0 Å². The number of carbonyl (C=O) groups is 2. The van der Waals surface area contributed by atoms with Crippen molar-refractivity contribution >= 4 is 12.0 Å². The average Bonchev–Trinajstić information content (AvgIpc) is 2.34. The number of hydrogen-bond acceptors (Lipinski definition) is 3. The van der Waals surface area contributed by atoms with Gasteiger partial charge in [0.1, 0.15) is 0 Å². The molecule has 0 radical (unpaired) electrons. The molecule has 0 saturated heterocycles. The Balaban J connectivity index is 3.78. The molecule has 1 atom stereocenters. The average molecular weight is 273 g/mol. The molecule has 112 valence electrons. The van der Waals surface area contributed by atoms with Gasteiger partial charge in [-0.1, -0.05) is 6.92 Å². The van der Waals surface area contributed by atoms with Crippen LogP contribution in [0.15, 0.2) is 0 Å². The number of carbonyl (C=O) groups excluding carboxylic acids is 1. The molecule has 0 rings (SSSR count). The number of unbranched alkanes of at least 4 members (excludes halogenated alkanes) is 1. The first kappa shape index (κ1) is 17.7. The van der Waals surface area contributed by atoms with Crippen molar-refractivity contribution in [1.82, 2.24) is 15.5 Å². The van der Waals surface area contributed by atoms with Gasteiger partial charge in [0, 0.05) is 13.1 Å². The number of nitrogens with zero attached hydrogens (tertiary/aromatic N) is 1. The second-order valence-electron chi connectivity index (χ2n) is 5.34. The lowest BCUT2D eigenvalue weighted by atomic mass is 9.88. The molecule has 0 bridgehead atoms. The molecule has 2 amide bonds. The van der Waals surface area contributed by atoms with E-state index >= 15 is 0 Å². The molecule has 3 N–H and O–H groups in total. The molecule has 6 nitrogen and oxygen atoms in total. The van der Waals surface area contributed by atoms with Gasteiger partial charge in [-0.3, -0.25) is 4.79 Å². The molecule has 0 aromatic heterocycles. The Hall–Kier alpha value is -1.30. The quantitative estimate of drug-likeness (QED) is 0.550. The highest BCUT2D eigenvalue weighted by Crippen LogP contribution is 2.19. The minimum Gasteiger partial charge on any atom is -0.481 e. The summed E-state index contributed by atoms with van der Waals surface area (Å²) in [6.45, 7) is 5.18. The molecular weight excluding hydrogens is 246 g/mol. The van der Waals surface area contributed by atoms with E-state index in [2.05, 4.69) is 15.5 Å². The van der Waals surface area contributed by atoms with E-state index in [1.807, 2.05) is 14.1 Å². The lowest BCUT2D eigenvalue weighted by Gasteiger charge is -2.23. The highest BCUT2D eigenvalue weighted by atomic mass is 16.4. The number of rotatable bonds is 9. The van der Waals surface area contributed by atoms with Crippen molar-refractivity contribution in [3.63, 3.8) is 0 Å². The first-order valence-electron chi connectivity index (χ1n) is 6.71. The Kier molecular flexibility index (Phi) is 8.14. The van der Waals surface area contributed by atoms with Gasteiger partial charge < -0.3 is 20.6 Å². The van der Waals surface area contributed by atoms with Gasteiger partial charge in [0.15, 0.2) is 0 Å². The summed E-state index contributed by atoms with van der Waals surface area (Å²) in [5.41, 5.74) is -0.901. The van der Waals surface area contributed by atoms with Gasteiger partial charge in [0.05, 0.1) is 5.41 Å². The minimum absolute atomic E-state index is 0.141. The fraction of sp³-hybridized carbons (Fsp3) is 0.846. The topological polar surface area (TPSA) is 81.7 Å². The van der Waals surface area contributed by atoms with Gasteiger partial charge in [0.25, 0.3) is 0 Å². The first-order valence-corrected chi connectivity index (χ1v) is 6.71. The zero-order valence-corrected chi connectivity index (χ0v) is 12.5. The Morgan fingerprint density at radius 2 is 1.84 bits per heavy atom. The zero-order chi connectivity index (χ0) is 14.9. The normalized spacial score (nSPS) is 13.9. The smallest absolute Gasteiger partial charge is 0.314 e. The number of carboxylic acid groups (broad SMARTS) is 1. The summed E-state index contributed by atoms with van der Waals surface area (Å²) in [6.07, 6.45) is 2.41. The molecule has 0 saturated carbocycles. The number of hydrogen-bond donors (Lipinski definition) is 3. The summed E-state index contributed by atoms with van der Waals surface area (Å²) in [6, 6.07) is -0.300. The zero-order valence-electron chi connectivity index (χ0n) is 12.5. The number of urea groups is 1. The maximum Gasteiger partial charge on any atom is 0.314 e. The van der Waals surface area contributed by atoms with Crippen molar-refractivity contribution in [2.24, 2.45) is 5.41 Å². The highest BCUT2D eigenvalue weighted by molar-refractivity contribution is 5.77. The van der Waals surface area contributed by atoms with Crippen LogP contribution in [0, 0.1) is 5.41 Å². The van der Waals surface area contributed by atoms with Gasteiger partial charge in [-0.15, -0.1) is 0 Å². The summed E-state index contributed by atoms with van der Waals surface area (Å²) in [5.74, 6) is -0.888. The molecular formula is C13H27N3O3. The SMILES string of the molecule is CCC(C)(CNC(=O)NCCCCN(C)C)C(=O)O. The predicted molar refractivity (Wildman–Crippen MR) is 75.2 cm³/mol. The first-order chi connectivity index (χ1) is 8.81. The molecule has 0 spiro atoms. The van der Waals surface area contributed by atoms with Crippen LogP contribution in [0.25, 0.3) is 0 Å². The third-order valence-electron chi connectivity index (χ3n) is 3.25. The van der Waals surface area contributed by atoms with Gasteiger partial charge in [-0.05, 0) is 46.8 Å². The van der Waals surface area contributed by atoms with Crippen molar-refractivity contribution in [1.29, 1.82) is 0 Å². The molecule has 19 heavy (non-hydrogen) atoms. The van der Waals surface area contributed by atoms with Gasteiger partial charge >= 0.3 is 12.0 Å². The fourth-order valence-electron chi connectivity index (χ4n) is 1.44. The molecule has 0 aromatic carbocycles. The molecule has 0 aromatic rings. The second kappa shape index (κ2) is 8.74. The summed E-state index contributed by atoms with van der Waals surface area (Å²) in [7, 11) is 4.02. The summed E-state index contributed by atoms with van der Waals surface area (Å²) in [5, 5.41) is 14.4. The van der Waals surface area contributed by atoms with Crippen LogP contribution in [-0.2, 0) is 4.79 Å². The predicted octanol–water partition coefficient (Wildman–Crippen LogP) is 1.13. The van der Waals surface area contributed by atoms with E-state index in [1.54, 1.807) is 13.8 Å². The van der Waals surface area contributed by atoms with Gasteiger partial charge in [0.2, 0.25) is 0 Å². The van der Waals surface area contributed by atoms with Crippen LogP contribution in [-0.4, -0.2) is 55.7 Å². The summed E-state index contributed by atoms with van der Waals surface area (Å²) >= 11 is 0. The molecule has 0 fully saturated rings. The number of amides is 2. The van der Waals surface area contributed by atoms with Crippen LogP contribution in [0.2, 0.25) is 0 Å². The van der Waals surface area contributed by atoms with E-state index in [0.29, 0.717) is 13.0 Å². The fourth-order valence-corrected chi connectivity index (χ4v) is 1.44. The maximum atomic E-state index is 11.5. The molecule has 0 aliphatic heterocycles. The Morgan fingerprint density at radius 1 is 1.21 bits per heavy atom. The summed E-state index contributed by atoms with van der Waals surface area (Å²) < 4.78 is 0. The van der Waals surface area contributed by atoms with E-state index < -0.39 is 11.4 Å². The third kappa shape index (κ3) is 7.66. The van der Waals surface area contributed by atoms with Crippen molar-refractivity contribution in [3.05, 3.63) is 0 Å². The van der Waals surface area contributed by atoms with Crippen molar-refractivity contribution in [3.8, 4) is 0 Å². The van der Waals surface area contributed by atoms with Crippen molar-refractivity contribution < 1.29 is 14.7 Å². The minimum atomic E-state index is -0.901. The number of carboxylic acids is 1. The van der Waals surface area contributed by atoms with E-state index in [4.69, 9.17) is 5.11 Å². The van der Waals surface area contributed by atoms with E-state index in [-0.39, 0.29) is 12.6 Å². The number of nitrogens with one attached hydrogen (secondary N) is 2. The number of aliphatic carboxylic acids is 1. The Bertz CT molecular complexity index is 295. The van der Waals surface area contributed by atoms with Crippen LogP contribution in [0.1, 0.15) is 33.1 Å².